The van der Waals surface area contributed by atoms with Gasteiger partial charge in [0.1, 0.15) is 0 Å². The molecule has 1 atom stereocenters. The van der Waals surface area contributed by atoms with Crippen LogP contribution in [0.1, 0.15) is 31.4 Å². The lowest BCUT2D eigenvalue weighted by molar-refractivity contribution is 0.660. The summed E-state index contributed by atoms with van der Waals surface area (Å²) in [5.41, 5.74) is 4.24. The average Bonchev–Trinajstić information content (AvgIpc) is 2.40. The molecule has 2 rings (SSSR count). The van der Waals surface area contributed by atoms with Gasteiger partial charge in [-0.3, -0.25) is 0 Å². The zero-order valence-corrected chi connectivity index (χ0v) is 13.2. The van der Waals surface area contributed by atoms with Crippen LogP contribution in [0.2, 0.25) is 0 Å². The largest absolute Gasteiger partial charge is 0.367 e. The second kappa shape index (κ2) is 7.20. The van der Waals surface area contributed by atoms with Gasteiger partial charge in [0.2, 0.25) is 0 Å². The predicted octanol–water partition coefficient (Wildman–Crippen LogP) is 3.44. The van der Waals surface area contributed by atoms with Crippen LogP contribution in [0.25, 0.3) is 0 Å². The van der Waals surface area contributed by atoms with Crippen molar-refractivity contribution in [2.75, 3.05) is 29.5 Å². The van der Waals surface area contributed by atoms with E-state index in [0.717, 1.165) is 13.1 Å². The highest BCUT2D eigenvalue weighted by atomic mass is 32.2. The fourth-order valence-electron chi connectivity index (χ4n) is 2.62. The van der Waals surface area contributed by atoms with E-state index in [1.807, 2.05) is 0 Å². The number of aryl methyl sites for hydroxylation is 1. The number of rotatable bonds is 5. The van der Waals surface area contributed by atoms with Gasteiger partial charge in [-0.05, 0) is 38.4 Å². The molecular weight excluding hydrogens is 252 g/mol. The molecule has 0 spiro atoms. The molecule has 106 valence electrons. The molecule has 0 saturated carbocycles. The summed E-state index contributed by atoms with van der Waals surface area (Å²) in [4.78, 5) is 2.58. The topological polar surface area (TPSA) is 15.3 Å². The maximum Gasteiger partial charge on any atom is 0.0414 e. The van der Waals surface area contributed by atoms with Gasteiger partial charge in [0.25, 0.3) is 0 Å². The lowest BCUT2D eigenvalue weighted by atomic mass is 10.1. The van der Waals surface area contributed by atoms with Crippen molar-refractivity contribution in [2.45, 2.75) is 39.8 Å². The van der Waals surface area contributed by atoms with Crippen molar-refractivity contribution in [3.63, 3.8) is 0 Å². The minimum absolute atomic E-state index is 0.645. The number of anilines is 1. The van der Waals surface area contributed by atoms with Crippen molar-refractivity contribution < 1.29 is 0 Å². The third-order valence-electron chi connectivity index (χ3n) is 3.65. The van der Waals surface area contributed by atoms with Crippen molar-refractivity contribution in [3.8, 4) is 0 Å². The molecule has 1 unspecified atom stereocenters. The Hall–Kier alpha value is -0.670. The summed E-state index contributed by atoms with van der Waals surface area (Å²) < 4.78 is 0. The molecule has 1 heterocycles. The summed E-state index contributed by atoms with van der Waals surface area (Å²) in [5.74, 6) is 2.50. The zero-order chi connectivity index (χ0) is 13.7. The van der Waals surface area contributed by atoms with Crippen LogP contribution in [-0.2, 0) is 6.54 Å². The van der Waals surface area contributed by atoms with Crippen LogP contribution in [0.15, 0.2) is 18.2 Å². The highest BCUT2D eigenvalue weighted by molar-refractivity contribution is 7.99. The minimum Gasteiger partial charge on any atom is -0.367 e. The second-order valence-corrected chi connectivity index (χ2v) is 6.58. The molecule has 1 N–H and O–H groups in total. The fraction of sp³-hybridized carbons (Fsp3) is 0.625. The molecule has 0 aliphatic carbocycles. The molecule has 0 aromatic heterocycles. The van der Waals surface area contributed by atoms with Gasteiger partial charge in [-0.15, -0.1) is 0 Å². The first-order chi connectivity index (χ1) is 9.22. The first kappa shape index (κ1) is 14.7. The van der Waals surface area contributed by atoms with E-state index in [0.29, 0.717) is 6.04 Å². The summed E-state index contributed by atoms with van der Waals surface area (Å²) in [7, 11) is 0. The van der Waals surface area contributed by atoms with Gasteiger partial charge in [-0.2, -0.15) is 11.8 Å². The normalized spacial score (nSPS) is 19.7. The van der Waals surface area contributed by atoms with Crippen molar-refractivity contribution in [1.29, 1.82) is 0 Å². The molecule has 0 bridgehead atoms. The predicted molar refractivity (Wildman–Crippen MR) is 87.3 cm³/mol. The lowest BCUT2D eigenvalue weighted by Gasteiger charge is -2.36. The van der Waals surface area contributed by atoms with E-state index in [-0.39, 0.29) is 0 Å². The van der Waals surface area contributed by atoms with Crippen LogP contribution < -0.4 is 10.2 Å². The Morgan fingerprint density at radius 2 is 2.26 bits per heavy atom. The molecule has 1 aliphatic heterocycles. The van der Waals surface area contributed by atoms with E-state index in [2.05, 4.69) is 60.9 Å². The number of thioether (sulfide) groups is 1. The zero-order valence-electron chi connectivity index (χ0n) is 12.4. The van der Waals surface area contributed by atoms with Gasteiger partial charge < -0.3 is 10.2 Å². The second-order valence-electron chi connectivity index (χ2n) is 5.43. The third-order valence-corrected chi connectivity index (χ3v) is 4.84. The lowest BCUT2D eigenvalue weighted by Crippen LogP contribution is -2.41. The van der Waals surface area contributed by atoms with Gasteiger partial charge in [0.15, 0.2) is 0 Å². The van der Waals surface area contributed by atoms with Crippen molar-refractivity contribution in [2.24, 2.45) is 0 Å². The maximum absolute atomic E-state index is 3.54. The molecule has 1 aliphatic rings. The Balaban J connectivity index is 2.17. The first-order valence-electron chi connectivity index (χ1n) is 7.37. The summed E-state index contributed by atoms with van der Waals surface area (Å²) in [6, 6.07) is 7.54. The summed E-state index contributed by atoms with van der Waals surface area (Å²) in [6.45, 7) is 10.0. The molecule has 3 heteroatoms. The standard InChI is InChI=1S/C16H26N2S/c1-4-7-17-11-15-10-13(2)5-6-16(15)18-8-9-19-12-14(18)3/h5-6,10,14,17H,4,7-9,11-12H2,1-3H3. The number of nitrogens with one attached hydrogen (secondary N) is 1. The molecule has 1 aromatic carbocycles. The summed E-state index contributed by atoms with van der Waals surface area (Å²) >= 11 is 2.07. The van der Waals surface area contributed by atoms with Crippen LogP contribution in [0.4, 0.5) is 5.69 Å². The molecule has 2 nitrogen and oxygen atoms in total. The molecule has 1 aromatic rings. The maximum atomic E-state index is 3.54. The average molecular weight is 278 g/mol. The van der Waals surface area contributed by atoms with Crippen LogP contribution in [0, 0.1) is 6.92 Å². The van der Waals surface area contributed by atoms with Gasteiger partial charge >= 0.3 is 0 Å². The van der Waals surface area contributed by atoms with Crippen LogP contribution >= 0.6 is 11.8 Å². The Morgan fingerprint density at radius 1 is 1.42 bits per heavy atom. The SMILES string of the molecule is CCCNCc1cc(C)ccc1N1CCSCC1C. The fourth-order valence-corrected chi connectivity index (χ4v) is 3.63. The third kappa shape index (κ3) is 3.90. The van der Waals surface area contributed by atoms with Crippen LogP contribution in [0.3, 0.4) is 0 Å². The van der Waals surface area contributed by atoms with Crippen molar-refractivity contribution in [3.05, 3.63) is 29.3 Å². The van der Waals surface area contributed by atoms with Crippen LogP contribution in [0.5, 0.6) is 0 Å². The van der Waals surface area contributed by atoms with Gasteiger partial charge in [-0.1, -0.05) is 24.6 Å². The van der Waals surface area contributed by atoms with Gasteiger partial charge in [0.05, 0.1) is 0 Å². The Labute approximate surface area is 122 Å². The first-order valence-corrected chi connectivity index (χ1v) is 8.52. The molecule has 0 radical (unpaired) electrons. The van der Waals surface area contributed by atoms with Crippen molar-refractivity contribution >= 4 is 17.4 Å². The van der Waals surface area contributed by atoms with E-state index >= 15 is 0 Å². The van der Waals surface area contributed by atoms with Crippen molar-refractivity contribution in [1.82, 2.24) is 5.32 Å². The Morgan fingerprint density at radius 3 is 3.00 bits per heavy atom. The van der Waals surface area contributed by atoms with Gasteiger partial charge in [-0.25, -0.2) is 0 Å². The number of nitrogens with zero attached hydrogens (tertiary/aromatic N) is 1. The van der Waals surface area contributed by atoms with Crippen LogP contribution in [-0.4, -0.2) is 30.6 Å². The minimum atomic E-state index is 0.645. The number of benzene rings is 1. The molecular formula is C16H26N2S. The number of hydrogen-bond donors (Lipinski definition) is 1. The Bertz CT molecular complexity index is 406. The van der Waals surface area contributed by atoms with E-state index in [1.165, 1.54) is 41.3 Å². The molecule has 1 fully saturated rings. The smallest absolute Gasteiger partial charge is 0.0414 e. The quantitative estimate of drug-likeness (QED) is 0.831. The highest BCUT2D eigenvalue weighted by Crippen LogP contribution is 2.28. The molecule has 1 saturated heterocycles. The highest BCUT2D eigenvalue weighted by Gasteiger charge is 2.20. The van der Waals surface area contributed by atoms with E-state index < -0.39 is 0 Å². The monoisotopic (exact) mass is 278 g/mol. The van der Waals surface area contributed by atoms with E-state index in [9.17, 15) is 0 Å². The molecule has 19 heavy (non-hydrogen) atoms. The van der Waals surface area contributed by atoms with E-state index in [1.54, 1.807) is 0 Å². The molecule has 0 amide bonds. The summed E-state index contributed by atoms with van der Waals surface area (Å²) in [6.07, 6.45) is 1.19. The Kier molecular flexibility index (Phi) is 5.59. The van der Waals surface area contributed by atoms with Gasteiger partial charge in [0, 0.05) is 36.3 Å². The van der Waals surface area contributed by atoms with E-state index in [4.69, 9.17) is 0 Å². The summed E-state index contributed by atoms with van der Waals surface area (Å²) in [5, 5.41) is 3.54. The number of hydrogen-bond acceptors (Lipinski definition) is 3.